The number of nitrogens with zero attached hydrogens (tertiary/aromatic N) is 4. The van der Waals surface area contributed by atoms with Gasteiger partial charge in [0.15, 0.2) is 0 Å². The normalized spacial score (nSPS) is 23.2. The molecule has 2 fully saturated rings. The molecule has 0 N–H and O–H groups in total. The standard InChI is InChI=1S/C19H18N4O/c24-11-12-8-15(9-12)23-10-16(17(22-23)14-3-4-14)19-18-13(5-7-21-19)2-1-6-20-18/h1-2,5-7,10-12,14-15H,3-4,8-9H2. The topological polar surface area (TPSA) is 60.7 Å². The van der Waals surface area contributed by atoms with Crippen LogP contribution in [0.2, 0.25) is 0 Å². The zero-order valence-electron chi connectivity index (χ0n) is 13.3. The third-order valence-electron chi connectivity index (χ3n) is 5.22. The molecule has 0 saturated heterocycles. The molecule has 0 spiro atoms. The summed E-state index contributed by atoms with van der Waals surface area (Å²) in [6.45, 7) is 0. The van der Waals surface area contributed by atoms with E-state index >= 15 is 0 Å². The van der Waals surface area contributed by atoms with E-state index in [0.29, 0.717) is 12.0 Å². The van der Waals surface area contributed by atoms with Gasteiger partial charge in [0.25, 0.3) is 0 Å². The van der Waals surface area contributed by atoms with Crippen molar-refractivity contribution in [2.45, 2.75) is 37.6 Å². The van der Waals surface area contributed by atoms with Gasteiger partial charge in [0.2, 0.25) is 0 Å². The molecule has 3 aromatic rings. The van der Waals surface area contributed by atoms with E-state index in [1.807, 2.05) is 24.5 Å². The van der Waals surface area contributed by atoms with E-state index in [-0.39, 0.29) is 5.92 Å². The molecular formula is C19H18N4O. The van der Waals surface area contributed by atoms with Gasteiger partial charge >= 0.3 is 0 Å². The molecule has 0 atom stereocenters. The van der Waals surface area contributed by atoms with Crippen molar-refractivity contribution in [1.29, 1.82) is 0 Å². The summed E-state index contributed by atoms with van der Waals surface area (Å²) in [7, 11) is 0. The second-order valence-corrected chi connectivity index (χ2v) is 6.94. The highest BCUT2D eigenvalue weighted by Gasteiger charge is 2.35. The number of hydrogen-bond donors (Lipinski definition) is 0. The third kappa shape index (κ3) is 2.15. The van der Waals surface area contributed by atoms with Crippen LogP contribution in [0.1, 0.15) is 43.3 Å². The number of carbonyl (C=O) groups excluding carboxylic acids is 1. The largest absolute Gasteiger partial charge is 0.303 e. The predicted molar refractivity (Wildman–Crippen MR) is 90.6 cm³/mol. The maximum atomic E-state index is 10.9. The lowest BCUT2D eigenvalue weighted by molar-refractivity contribution is -0.114. The minimum Gasteiger partial charge on any atom is -0.303 e. The molecule has 3 aromatic heterocycles. The van der Waals surface area contributed by atoms with Gasteiger partial charge in [-0.25, -0.2) is 0 Å². The summed E-state index contributed by atoms with van der Waals surface area (Å²) >= 11 is 0. The van der Waals surface area contributed by atoms with E-state index in [1.165, 1.54) is 12.8 Å². The Morgan fingerprint density at radius 3 is 2.79 bits per heavy atom. The predicted octanol–water partition coefficient (Wildman–Crippen LogP) is 3.52. The van der Waals surface area contributed by atoms with Crippen LogP contribution in [0, 0.1) is 5.92 Å². The first-order chi connectivity index (χ1) is 11.8. The fraction of sp³-hybridized carbons (Fsp3) is 0.368. The lowest BCUT2D eigenvalue weighted by atomic mass is 9.81. The van der Waals surface area contributed by atoms with Crippen molar-refractivity contribution in [2.24, 2.45) is 5.92 Å². The summed E-state index contributed by atoms with van der Waals surface area (Å²) < 4.78 is 2.06. The number of aldehydes is 1. The van der Waals surface area contributed by atoms with Crippen molar-refractivity contribution in [3.05, 3.63) is 42.5 Å². The minimum absolute atomic E-state index is 0.198. The zero-order valence-corrected chi connectivity index (χ0v) is 13.3. The van der Waals surface area contributed by atoms with E-state index in [4.69, 9.17) is 5.10 Å². The fourth-order valence-electron chi connectivity index (χ4n) is 3.59. The average molecular weight is 318 g/mol. The van der Waals surface area contributed by atoms with E-state index in [9.17, 15) is 4.79 Å². The van der Waals surface area contributed by atoms with E-state index in [1.54, 1.807) is 0 Å². The lowest BCUT2D eigenvalue weighted by Crippen LogP contribution is -2.28. The van der Waals surface area contributed by atoms with Crippen LogP contribution in [-0.2, 0) is 4.79 Å². The maximum absolute atomic E-state index is 10.9. The van der Waals surface area contributed by atoms with Gasteiger partial charge in [-0.1, -0.05) is 6.07 Å². The molecule has 0 aliphatic heterocycles. The Morgan fingerprint density at radius 1 is 1.12 bits per heavy atom. The molecule has 0 amide bonds. The monoisotopic (exact) mass is 318 g/mol. The van der Waals surface area contributed by atoms with Crippen molar-refractivity contribution >= 4 is 17.2 Å². The van der Waals surface area contributed by atoms with Crippen LogP contribution >= 0.6 is 0 Å². The Bertz CT molecular complexity index is 917. The number of fused-ring (bicyclic) bond motifs is 1. The molecule has 3 heterocycles. The number of aromatic nitrogens is 4. The Labute approximate surface area is 139 Å². The molecule has 0 bridgehead atoms. The summed E-state index contributed by atoms with van der Waals surface area (Å²) in [5, 5.41) is 5.98. The smallest absolute Gasteiger partial charge is 0.123 e. The highest BCUT2D eigenvalue weighted by molar-refractivity contribution is 5.91. The van der Waals surface area contributed by atoms with Crippen molar-refractivity contribution in [3.63, 3.8) is 0 Å². The molecule has 24 heavy (non-hydrogen) atoms. The first-order valence-corrected chi connectivity index (χ1v) is 8.58. The fourth-order valence-corrected chi connectivity index (χ4v) is 3.59. The van der Waals surface area contributed by atoms with Gasteiger partial charge in [0.05, 0.1) is 22.9 Å². The van der Waals surface area contributed by atoms with Crippen LogP contribution in [0.3, 0.4) is 0 Å². The molecule has 2 aliphatic carbocycles. The Morgan fingerprint density at radius 2 is 2.00 bits per heavy atom. The summed E-state index contributed by atoms with van der Waals surface area (Å²) in [4.78, 5) is 20.0. The van der Waals surface area contributed by atoms with Crippen LogP contribution in [0.4, 0.5) is 0 Å². The highest BCUT2D eigenvalue weighted by Crippen LogP contribution is 2.45. The van der Waals surface area contributed by atoms with Crippen LogP contribution in [0.5, 0.6) is 0 Å². The van der Waals surface area contributed by atoms with Gasteiger partial charge in [-0.2, -0.15) is 5.10 Å². The van der Waals surface area contributed by atoms with Gasteiger partial charge in [-0.15, -0.1) is 0 Å². The van der Waals surface area contributed by atoms with Crippen LogP contribution in [0.15, 0.2) is 36.8 Å². The van der Waals surface area contributed by atoms with E-state index in [0.717, 1.165) is 47.0 Å². The summed E-state index contributed by atoms with van der Waals surface area (Å²) in [5.41, 5.74) is 4.11. The van der Waals surface area contributed by atoms with Gasteiger partial charge in [-0.3, -0.25) is 14.6 Å². The number of pyridine rings is 2. The maximum Gasteiger partial charge on any atom is 0.123 e. The SMILES string of the molecule is O=CC1CC(n2cc(-c3nccc4cccnc34)c(C3CC3)n2)C1. The van der Waals surface area contributed by atoms with Crippen molar-refractivity contribution < 1.29 is 4.79 Å². The summed E-state index contributed by atoms with van der Waals surface area (Å²) in [5.74, 6) is 0.744. The second-order valence-electron chi connectivity index (χ2n) is 6.94. The van der Waals surface area contributed by atoms with Gasteiger partial charge in [0, 0.05) is 41.4 Å². The molecule has 2 aliphatic rings. The molecule has 5 nitrogen and oxygen atoms in total. The molecule has 0 radical (unpaired) electrons. The van der Waals surface area contributed by atoms with Gasteiger partial charge in [0.1, 0.15) is 6.29 Å². The first kappa shape index (κ1) is 13.8. The third-order valence-corrected chi connectivity index (χ3v) is 5.22. The van der Waals surface area contributed by atoms with Crippen molar-refractivity contribution in [3.8, 4) is 11.3 Å². The Kier molecular flexibility index (Phi) is 3.01. The highest BCUT2D eigenvalue weighted by atomic mass is 16.1. The minimum atomic E-state index is 0.198. The average Bonchev–Trinajstić information content (AvgIpc) is 3.34. The number of carbonyl (C=O) groups is 1. The zero-order chi connectivity index (χ0) is 16.1. The second kappa shape index (κ2) is 5.23. The quantitative estimate of drug-likeness (QED) is 0.691. The Balaban J connectivity index is 1.61. The van der Waals surface area contributed by atoms with E-state index < -0.39 is 0 Å². The summed E-state index contributed by atoms with van der Waals surface area (Å²) in [6, 6.07) is 6.35. The molecule has 120 valence electrons. The van der Waals surface area contributed by atoms with Crippen LogP contribution in [-0.4, -0.2) is 26.0 Å². The Hall–Kier alpha value is -2.56. The molecule has 0 aromatic carbocycles. The molecule has 2 saturated carbocycles. The molecule has 5 rings (SSSR count). The molecular weight excluding hydrogens is 300 g/mol. The van der Waals surface area contributed by atoms with Crippen molar-refractivity contribution in [1.82, 2.24) is 19.7 Å². The van der Waals surface area contributed by atoms with Crippen LogP contribution < -0.4 is 0 Å². The first-order valence-electron chi connectivity index (χ1n) is 8.58. The van der Waals surface area contributed by atoms with Gasteiger partial charge in [-0.05, 0) is 37.8 Å². The van der Waals surface area contributed by atoms with Crippen molar-refractivity contribution in [2.75, 3.05) is 0 Å². The molecule has 5 heteroatoms. The van der Waals surface area contributed by atoms with Gasteiger partial charge < -0.3 is 4.79 Å². The van der Waals surface area contributed by atoms with E-state index in [2.05, 4.69) is 26.9 Å². The number of rotatable bonds is 4. The summed E-state index contributed by atoms with van der Waals surface area (Å²) in [6.07, 6.45) is 11.0. The lowest BCUT2D eigenvalue weighted by Gasteiger charge is -2.31. The number of hydrogen-bond acceptors (Lipinski definition) is 4. The molecule has 0 unspecified atom stereocenters. The van der Waals surface area contributed by atoms with Crippen LogP contribution in [0.25, 0.3) is 22.2 Å².